The van der Waals surface area contributed by atoms with Crippen LogP contribution in [0.15, 0.2) is 42.5 Å². The lowest BCUT2D eigenvalue weighted by Gasteiger charge is -2.18. The molecule has 1 saturated heterocycles. The summed E-state index contributed by atoms with van der Waals surface area (Å²) < 4.78 is 9.71. The average molecular weight is 379 g/mol. The van der Waals surface area contributed by atoms with E-state index in [2.05, 4.69) is 16.9 Å². The summed E-state index contributed by atoms with van der Waals surface area (Å²) in [6.07, 6.45) is -0.0757. The number of carbonyl (C=O) groups excluding carboxylic acids is 3. The molecule has 0 saturated carbocycles. The van der Waals surface area contributed by atoms with Crippen molar-refractivity contribution < 1.29 is 23.9 Å². The third kappa shape index (κ3) is 3.15. The van der Waals surface area contributed by atoms with Crippen LogP contribution in [0.2, 0.25) is 0 Å². The highest BCUT2D eigenvalue weighted by molar-refractivity contribution is 6.00. The van der Waals surface area contributed by atoms with Gasteiger partial charge < -0.3 is 14.4 Å². The zero-order chi connectivity index (χ0) is 19.8. The molecule has 2 aromatic rings. The first-order valence-corrected chi connectivity index (χ1v) is 9.28. The lowest BCUT2D eigenvalue weighted by Crippen LogP contribution is -2.30. The molecule has 4 rings (SSSR count). The lowest BCUT2D eigenvalue weighted by molar-refractivity contribution is -0.167. The number of nitrogens with zero attached hydrogens (tertiary/aromatic N) is 1. The molecule has 0 bridgehead atoms. The Morgan fingerprint density at radius 3 is 2.64 bits per heavy atom. The van der Waals surface area contributed by atoms with Crippen LogP contribution in [0.1, 0.15) is 24.5 Å². The van der Waals surface area contributed by atoms with Gasteiger partial charge >= 0.3 is 11.9 Å². The summed E-state index contributed by atoms with van der Waals surface area (Å²) in [5.41, 5.74) is 5.66. The molecule has 0 unspecified atom stereocenters. The number of rotatable bonds is 4. The molecule has 28 heavy (non-hydrogen) atoms. The fraction of sp³-hybridized carbons (Fsp3) is 0.318. The molecule has 0 aromatic heterocycles. The molecule has 2 atom stereocenters. The fourth-order valence-corrected chi connectivity index (χ4v) is 3.90. The summed E-state index contributed by atoms with van der Waals surface area (Å²) >= 11 is 0. The van der Waals surface area contributed by atoms with Crippen LogP contribution < -0.4 is 4.90 Å². The van der Waals surface area contributed by atoms with E-state index in [-0.39, 0.29) is 18.9 Å². The SMILES string of the molecule is COC(=O)[C@H](C)OC(=O)[C@@H]1CC(=O)N(c2ccc3c(c2)Cc2ccccc2-3)C1. The lowest BCUT2D eigenvalue weighted by atomic mass is 10.1. The van der Waals surface area contributed by atoms with Gasteiger partial charge in [-0.25, -0.2) is 4.79 Å². The average Bonchev–Trinajstić information content (AvgIpc) is 3.27. The maximum absolute atomic E-state index is 12.5. The van der Waals surface area contributed by atoms with E-state index in [0.29, 0.717) is 0 Å². The van der Waals surface area contributed by atoms with Crippen molar-refractivity contribution in [3.8, 4) is 11.1 Å². The third-order valence-electron chi connectivity index (χ3n) is 5.37. The van der Waals surface area contributed by atoms with Crippen molar-refractivity contribution in [1.29, 1.82) is 0 Å². The van der Waals surface area contributed by atoms with E-state index in [4.69, 9.17) is 4.74 Å². The molecule has 2 aliphatic rings. The zero-order valence-electron chi connectivity index (χ0n) is 15.8. The topological polar surface area (TPSA) is 72.9 Å². The summed E-state index contributed by atoms with van der Waals surface area (Å²) in [4.78, 5) is 37.9. The number of fused-ring (bicyclic) bond motifs is 3. The van der Waals surface area contributed by atoms with Crippen LogP contribution in [0.3, 0.4) is 0 Å². The van der Waals surface area contributed by atoms with Gasteiger partial charge in [-0.3, -0.25) is 9.59 Å². The quantitative estimate of drug-likeness (QED) is 0.652. The highest BCUT2D eigenvalue weighted by Crippen LogP contribution is 2.39. The molecule has 1 heterocycles. The van der Waals surface area contributed by atoms with Crippen LogP contribution in [0.5, 0.6) is 0 Å². The highest BCUT2D eigenvalue weighted by atomic mass is 16.6. The van der Waals surface area contributed by atoms with Crippen LogP contribution in [0.25, 0.3) is 11.1 Å². The van der Waals surface area contributed by atoms with Crippen molar-refractivity contribution in [2.24, 2.45) is 5.92 Å². The number of anilines is 1. The second-order valence-corrected chi connectivity index (χ2v) is 7.18. The van der Waals surface area contributed by atoms with Crippen molar-refractivity contribution in [1.82, 2.24) is 0 Å². The number of esters is 2. The molecule has 0 radical (unpaired) electrons. The minimum absolute atomic E-state index is 0.0734. The largest absolute Gasteiger partial charge is 0.466 e. The molecule has 1 fully saturated rings. The Morgan fingerprint density at radius 1 is 1.11 bits per heavy atom. The summed E-state index contributed by atoms with van der Waals surface area (Å²) in [6.45, 7) is 1.70. The summed E-state index contributed by atoms with van der Waals surface area (Å²) in [7, 11) is 1.24. The Kier molecular flexibility index (Phi) is 4.63. The van der Waals surface area contributed by atoms with Crippen LogP contribution in [0.4, 0.5) is 5.69 Å². The Labute approximate surface area is 163 Å². The van der Waals surface area contributed by atoms with E-state index in [1.165, 1.54) is 36.3 Å². The molecule has 6 nitrogen and oxygen atoms in total. The maximum Gasteiger partial charge on any atom is 0.346 e. The van der Waals surface area contributed by atoms with E-state index in [1.54, 1.807) is 4.90 Å². The third-order valence-corrected chi connectivity index (χ3v) is 5.37. The summed E-state index contributed by atoms with van der Waals surface area (Å²) in [6, 6.07) is 14.3. The van der Waals surface area contributed by atoms with Crippen LogP contribution >= 0.6 is 0 Å². The standard InChI is InChI=1S/C22H21NO5/c1-13(21(25)27-2)28-22(26)16-11-20(24)23(12-16)17-7-8-19-15(10-17)9-14-5-3-4-6-18(14)19/h3-8,10,13,16H,9,11-12H2,1-2H3/t13-,16+/m0/s1. The van der Waals surface area contributed by atoms with Crippen LogP contribution in [0, 0.1) is 5.92 Å². The van der Waals surface area contributed by atoms with E-state index in [9.17, 15) is 14.4 Å². The normalized spacial score (nSPS) is 18.4. The summed E-state index contributed by atoms with van der Waals surface area (Å²) in [5, 5.41) is 0. The molecule has 0 spiro atoms. The van der Waals surface area contributed by atoms with Crippen molar-refractivity contribution >= 4 is 23.5 Å². The van der Waals surface area contributed by atoms with Crippen LogP contribution in [-0.4, -0.2) is 37.6 Å². The Hall–Kier alpha value is -3.15. The maximum atomic E-state index is 12.5. The number of carbonyl (C=O) groups is 3. The second kappa shape index (κ2) is 7.11. The van der Waals surface area contributed by atoms with E-state index in [0.717, 1.165) is 12.1 Å². The van der Waals surface area contributed by atoms with Gasteiger partial charge in [-0.05, 0) is 47.7 Å². The molecular weight excluding hydrogens is 358 g/mol. The monoisotopic (exact) mass is 379 g/mol. The molecule has 1 aliphatic carbocycles. The predicted molar refractivity (Wildman–Crippen MR) is 103 cm³/mol. The van der Waals surface area contributed by atoms with Crippen molar-refractivity contribution in [2.75, 3.05) is 18.6 Å². The minimum atomic E-state index is -0.986. The Balaban J connectivity index is 1.49. The van der Waals surface area contributed by atoms with Crippen molar-refractivity contribution in [3.63, 3.8) is 0 Å². The number of hydrogen-bond acceptors (Lipinski definition) is 5. The Bertz CT molecular complexity index is 967. The minimum Gasteiger partial charge on any atom is -0.466 e. The Morgan fingerprint density at radius 2 is 1.86 bits per heavy atom. The van der Waals surface area contributed by atoms with Gasteiger partial charge in [0.25, 0.3) is 0 Å². The molecule has 2 aromatic carbocycles. The molecule has 6 heteroatoms. The number of benzene rings is 2. The molecule has 1 amide bonds. The summed E-state index contributed by atoms with van der Waals surface area (Å²) in [5.74, 6) is -1.89. The van der Waals surface area contributed by atoms with Crippen LogP contribution in [-0.2, 0) is 30.3 Å². The van der Waals surface area contributed by atoms with Gasteiger partial charge in [-0.15, -0.1) is 0 Å². The van der Waals surface area contributed by atoms with Gasteiger partial charge in [0.1, 0.15) is 0 Å². The first kappa shape index (κ1) is 18.2. The number of methoxy groups -OCH3 is 1. The number of amides is 1. The fourth-order valence-electron chi connectivity index (χ4n) is 3.90. The smallest absolute Gasteiger partial charge is 0.346 e. The van der Waals surface area contributed by atoms with Gasteiger partial charge in [-0.2, -0.15) is 0 Å². The van der Waals surface area contributed by atoms with Gasteiger partial charge in [0, 0.05) is 18.7 Å². The van der Waals surface area contributed by atoms with Gasteiger partial charge in [0.15, 0.2) is 6.10 Å². The number of hydrogen-bond donors (Lipinski definition) is 0. The predicted octanol–water partition coefficient (Wildman–Crippen LogP) is 2.72. The molecule has 144 valence electrons. The van der Waals surface area contributed by atoms with Gasteiger partial charge in [0.2, 0.25) is 5.91 Å². The van der Waals surface area contributed by atoms with Gasteiger partial charge in [-0.1, -0.05) is 30.3 Å². The second-order valence-electron chi connectivity index (χ2n) is 7.18. The first-order chi connectivity index (χ1) is 13.5. The van der Waals surface area contributed by atoms with E-state index < -0.39 is 24.0 Å². The van der Waals surface area contributed by atoms with Crippen molar-refractivity contribution in [3.05, 3.63) is 53.6 Å². The van der Waals surface area contributed by atoms with E-state index in [1.807, 2.05) is 30.3 Å². The molecular formula is C22H21NO5. The van der Waals surface area contributed by atoms with Gasteiger partial charge in [0.05, 0.1) is 13.0 Å². The zero-order valence-corrected chi connectivity index (χ0v) is 15.8. The van der Waals surface area contributed by atoms with Crippen molar-refractivity contribution in [2.45, 2.75) is 25.9 Å². The van der Waals surface area contributed by atoms with E-state index >= 15 is 0 Å². The number of ether oxygens (including phenoxy) is 2. The highest BCUT2D eigenvalue weighted by Gasteiger charge is 2.37. The molecule has 1 aliphatic heterocycles. The first-order valence-electron chi connectivity index (χ1n) is 9.28. The molecule has 0 N–H and O–H groups in total.